The zero-order valence-electron chi connectivity index (χ0n) is 38.4. The van der Waals surface area contributed by atoms with Gasteiger partial charge in [-0.05, 0) is 37.7 Å². The van der Waals surface area contributed by atoms with Crippen molar-refractivity contribution in [2.75, 3.05) is 78.5 Å². The van der Waals surface area contributed by atoms with Gasteiger partial charge in [-0.1, -0.05) is 30.3 Å². The summed E-state index contributed by atoms with van der Waals surface area (Å²) in [7, 11) is 0. The van der Waals surface area contributed by atoms with Crippen LogP contribution in [0.5, 0.6) is 0 Å². The Morgan fingerprint density at radius 1 is 0.586 bits per heavy atom. The molecule has 6 amide bonds. The van der Waals surface area contributed by atoms with Crippen molar-refractivity contribution in [1.29, 1.82) is 0 Å². The Morgan fingerprint density at radius 3 is 1.60 bits per heavy atom. The SMILES string of the molecule is NC(N)=NCCC[C@@H]1NC(=O)[C@H](CCCCNC(=O)CN(CCN(CCN(CC(=O)O)CC(=O)O)CC(=O)O)CC(=O)O)NC(=O)[C@@H](Cc2ccccc2)NC(=O)[C@H](CC(=O)O)NC(=O)CNC1=O.[In]. The second-order valence-electron chi connectivity index (χ2n) is 15.9. The van der Waals surface area contributed by atoms with Crippen LogP contribution in [0.1, 0.15) is 44.1 Å². The average Bonchev–Trinajstić information content (AvgIpc) is 3.25. The fourth-order valence-corrected chi connectivity index (χ4v) is 6.83. The van der Waals surface area contributed by atoms with Gasteiger partial charge in [-0.2, -0.15) is 0 Å². The quantitative estimate of drug-likeness (QED) is 0.0202. The van der Waals surface area contributed by atoms with Gasteiger partial charge in [-0.25, -0.2) is 0 Å². The molecule has 0 bridgehead atoms. The summed E-state index contributed by atoms with van der Waals surface area (Å²) in [6.45, 7) is -4.02. The topological polar surface area (TPSA) is 435 Å². The maximum absolute atomic E-state index is 14.0. The number of nitrogens with one attached hydrogen (secondary N) is 6. The van der Waals surface area contributed by atoms with E-state index in [0.29, 0.717) is 5.56 Å². The van der Waals surface area contributed by atoms with Crippen LogP contribution in [0.2, 0.25) is 0 Å². The van der Waals surface area contributed by atoms with Crippen molar-refractivity contribution in [2.45, 2.75) is 69.1 Å². The predicted octanol–water partition coefficient (Wildman–Crippen LogP) is -6.02. The number of carbonyl (C=O) groups excluding carboxylic acids is 6. The molecule has 28 nitrogen and oxygen atoms in total. The number of carboxylic acid groups (broad SMARTS) is 5. The molecule has 29 heteroatoms. The molecule has 1 aromatic rings. The maximum atomic E-state index is 14.0. The number of hydrogen-bond donors (Lipinski definition) is 13. The number of benzene rings is 1. The van der Waals surface area contributed by atoms with Crippen molar-refractivity contribution in [2.24, 2.45) is 16.5 Å². The molecule has 0 aromatic heterocycles. The molecular weight excluding hydrogens is 1030 g/mol. The number of rotatable bonds is 29. The van der Waals surface area contributed by atoms with Crippen LogP contribution in [-0.2, 0) is 59.2 Å². The number of aliphatic imine (C=N–C) groups is 1. The van der Waals surface area contributed by atoms with Crippen molar-refractivity contribution in [3.63, 3.8) is 0 Å². The molecular formula is C41H62InN12O16. The van der Waals surface area contributed by atoms with Crippen LogP contribution in [0.4, 0.5) is 0 Å². The Kier molecular flexibility index (Phi) is 29.0. The van der Waals surface area contributed by atoms with Crippen LogP contribution >= 0.6 is 0 Å². The van der Waals surface area contributed by atoms with E-state index in [1.165, 1.54) is 9.80 Å². The van der Waals surface area contributed by atoms with Gasteiger partial charge < -0.3 is 68.9 Å². The summed E-state index contributed by atoms with van der Waals surface area (Å²) in [5.41, 5.74) is 11.4. The molecule has 15 N–H and O–H groups in total. The molecule has 0 spiro atoms. The zero-order valence-corrected chi connectivity index (χ0v) is 41.7. The van der Waals surface area contributed by atoms with Crippen molar-refractivity contribution in [3.8, 4) is 0 Å². The number of hydrogen-bond acceptors (Lipinski definition) is 15. The Labute approximate surface area is 420 Å². The normalized spacial score (nSPS) is 17.8. The molecule has 2 rings (SSSR count). The third kappa shape index (κ3) is 26.8. The van der Waals surface area contributed by atoms with E-state index in [2.05, 4.69) is 36.9 Å². The summed E-state index contributed by atoms with van der Waals surface area (Å²) in [4.78, 5) is 145. The predicted molar refractivity (Wildman–Crippen MR) is 246 cm³/mol. The summed E-state index contributed by atoms with van der Waals surface area (Å²) in [5, 5.41) is 61.6. The number of amides is 6. The van der Waals surface area contributed by atoms with Gasteiger partial charge in [0, 0.05) is 71.5 Å². The standard InChI is InChI=1S/C41H62N12O16.In/c42-41(43)45-12-6-10-26-37(66)46-19-30(54)47-29(18-32(56)57)40(69)50-28(17-25-7-2-1-3-8-25)39(68)49-27(38(67)48-26)9-4-5-11-44-31(55)20-52(22-34(60)61)15-13-51(21-33(58)59)14-16-53(23-35(62)63)24-36(64)65;/h1-3,7-8,26-29H,4-6,9-24H2,(H,44,55)(H,46,66)(H,47,54)(H,48,67)(H,49,68)(H,50,69)(H,56,57)(H,58,59)(H,60,61)(H,62,63)(H,64,65)(H4,42,43,45);/t26-,27-,28+,29-;/m0./s1. The summed E-state index contributed by atoms with van der Waals surface area (Å²) < 4.78 is 0. The monoisotopic (exact) mass is 1090 g/mol. The maximum Gasteiger partial charge on any atom is 0.317 e. The van der Waals surface area contributed by atoms with Gasteiger partial charge in [0.05, 0.1) is 45.7 Å². The van der Waals surface area contributed by atoms with Crippen molar-refractivity contribution in [3.05, 3.63) is 35.9 Å². The van der Waals surface area contributed by atoms with Gasteiger partial charge in [0.1, 0.15) is 24.2 Å². The number of nitrogens with two attached hydrogens (primary N) is 2. The zero-order chi connectivity index (χ0) is 51.5. The molecule has 1 fully saturated rings. The largest absolute Gasteiger partial charge is 0.481 e. The molecule has 3 radical (unpaired) electrons. The van der Waals surface area contributed by atoms with Crippen LogP contribution in [0.15, 0.2) is 35.3 Å². The molecule has 0 aliphatic carbocycles. The molecule has 0 unspecified atom stereocenters. The third-order valence-corrected chi connectivity index (χ3v) is 10.1. The average molecular weight is 1090 g/mol. The molecule has 1 aliphatic rings. The first-order valence-electron chi connectivity index (χ1n) is 21.7. The first-order chi connectivity index (χ1) is 32.6. The molecule has 0 saturated carbocycles. The molecule has 1 aliphatic heterocycles. The fraction of sp³-hybridized carbons (Fsp3) is 0.561. The number of carbonyl (C=O) groups is 11. The first kappa shape index (κ1) is 61.4. The van der Waals surface area contributed by atoms with E-state index in [9.17, 15) is 68.1 Å². The van der Waals surface area contributed by atoms with E-state index in [-0.39, 0.29) is 110 Å². The van der Waals surface area contributed by atoms with E-state index >= 15 is 0 Å². The van der Waals surface area contributed by atoms with Gasteiger partial charge in [-0.3, -0.25) is 72.4 Å². The van der Waals surface area contributed by atoms with Crippen LogP contribution in [0, 0.1) is 0 Å². The van der Waals surface area contributed by atoms with Crippen LogP contribution in [0.3, 0.4) is 0 Å². The van der Waals surface area contributed by atoms with Crippen LogP contribution < -0.4 is 43.4 Å². The smallest absolute Gasteiger partial charge is 0.317 e. The minimum Gasteiger partial charge on any atom is -0.481 e. The summed E-state index contributed by atoms with van der Waals surface area (Å²) in [5.74, 6) is -12.0. The number of carboxylic acids is 5. The van der Waals surface area contributed by atoms with Gasteiger partial charge in [-0.15, -0.1) is 0 Å². The van der Waals surface area contributed by atoms with Crippen molar-refractivity contribution >= 4 is 97.1 Å². The summed E-state index contributed by atoms with van der Waals surface area (Å²) >= 11 is 0. The summed E-state index contributed by atoms with van der Waals surface area (Å²) in [6, 6.07) is 2.65. The third-order valence-electron chi connectivity index (χ3n) is 10.1. The number of unbranched alkanes of at least 4 members (excludes halogenated alkanes) is 1. The molecule has 1 aromatic carbocycles. The molecule has 70 heavy (non-hydrogen) atoms. The Hall–Kier alpha value is -6.59. The van der Waals surface area contributed by atoms with E-state index < -0.39 is 135 Å². The number of aliphatic carboxylic acids is 5. The second-order valence-corrected chi connectivity index (χ2v) is 15.9. The van der Waals surface area contributed by atoms with E-state index in [4.69, 9.17) is 21.7 Å². The van der Waals surface area contributed by atoms with E-state index in [1.54, 1.807) is 30.3 Å². The number of guanidine groups is 1. The molecule has 1 saturated heterocycles. The van der Waals surface area contributed by atoms with Crippen LogP contribution in [0.25, 0.3) is 0 Å². The van der Waals surface area contributed by atoms with E-state index in [0.717, 1.165) is 4.90 Å². The molecule has 4 atom stereocenters. The Bertz CT molecular complexity index is 1980. The van der Waals surface area contributed by atoms with Crippen LogP contribution in [-0.4, -0.2) is 240 Å². The van der Waals surface area contributed by atoms with Gasteiger partial charge in [0.15, 0.2) is 5.96 Å². The second kappa shape index (κ2) is 33.0. The Morgan fingerprint density at radius 2 is 1.06 bits per heavy atom. The fourth-order valence-electron chi connectivity index (χ4n) is 6.83. The number of nitrogens with zero attached hydrogens (tertiary/aromatic N) is 4. The molecule has 385 valence electrons. The minimum absolute atomic E-state index is 0. The van der Waals surface area contributed by atoms with Gasteiger partial charge in [0.2, 0.25) is 35.4 Å². The first-order valence-corrected chi connectivity index (χ1v) is 21.7. The van der Waals surface area contributed by atoms with Crippen molar-refractivity contribution < 1.29 is 78.3 Å². The van der Waals surface area contributed by atoms with Crippen molar-refractivity contribution in [1.82, 2.24) is 46.6 Å². The Balaban J connectivity index is 0.0000245. The molecule has 1 heterocycles. The minimum atomic E-state index is -1.67. The van der Waals surface area contributed by atoms with Gasteiger partial charge in [0.25, 0.3) is 0 Å². The summed E-state index contributed by atoms with van der Waals surface area (Å²) in [6.07, 6.45) is -0.636. The van der Waals surface area contributed by atoms with Gasteiger partial charge >= 0.3 is 29.8 Å². The van der Waals surface area contributed by atoms with E-state index in [1.807, 2.05) is 0 Å².